The molecule has 2 aromatic carbocycles. The van der Waals surface area contributed by atoms with E-state index in [0.29, 0.717) is 43.2 Å². The maximum Gasteiger partial charge on any atom is 0.254 e. The number of rotatable bonds is 9. The van der Waals surface area contributed by atoms with Gasteiger partial charge in [0.15, 0.2) is 0 Å². The van der Waals surface area contributed by atoms with Gasteiger partial charge in [0.1, 0.15) is 30.5 Å². The zero-order chi connectivity index (χ0) is 24.8. The molecule has 1 aliphatic heterocycles. The third-order valence-electron chi connectivity index (χ3n) is 6.06. The van der Waals surface area contributed by atoms with Crippen molar-refractivity contribution in [2.45, 2.75) is 25.8 Å². The lowest BCUT2D eigenvalue weighted by atomic mass is 10.0. The standard InChI is InChI=1S/C27H29FN2O4S/c1-3-13-29(27(32)19-7-9-20(28)10-8-19)17-26(31)30-14-11-25-23(12-15-35-25)24(30)18-34-22-6-4-5-21(16-22)33-2/h4-10,12,15-16,24H,3,11,13-14,17-18H2,1-2H3/t24-/m0/s1. The smallest absolute Gasteiger partial charge is 0.254 e. The van der Waals surface area contributed by atoms with Crippen LogP contribution in [0.1, 0.15) is 40.2 Å². The van der Waals surface area contributed by atoms with E-state index in [4.69, 9.17) is 9.47 Å². The molecular weight excluding hydrogens is 467 g/mol. The minimum Gasteiger partial charge on any atom is -0.497 e. The van der Waals surface area contributed by atoms with Crippen molar-refractivity contribution < 1.29 is 23.5 Å². The van der Waals surface area contributed by atoms with Crippen LogP contribution in [-0.2, 0) is 11.2 Å². The summed E-state index contributed by atoms with van der Waals surface area (Å²) in [6.45, 7) is 3.20. The molecule has 4 rings (SSSR count). The number of methoxy groups -OCH3 is 1. The van der Waals surface area contributed by atoms with Gasteiger partial charge in [0.05, 0.1) is 13.2 Å². The average molecular weight is 497 g/mol. The number of carbonyl (C=O) groups excluding carboxylic acids is 2. The summed E-state index contributed by atoms with van der Waals surface area (Å²) in [5.41, 5.74) is 1.45. The molecule has 1 aliphatic rings. The fourth-order valence-corrected chi connectivity index (χ4v) is 5.22. The molecule has 1 atom stereocenters. The Kier molecular flexibility index (Phi) is 8.02. The van der Waals surface area contributed by atoms with Gasteiger partial charge in [-0.15, -0.1) is 11.3 Å². The zero-order valence-corrected chi connectivity index (χ0v) is 20.7. The van der Waals surface area contributed by atoms with Crippen LogP contribution >= 0.6 is 11.3 Å². The van der Waals surface area contributed by atoms with Crippen molar-refractivity contribution in [1.82, 2.24) is 9.80 Å². The van der Waals surface area contributed by atoms with Crippen molar-refractivity contribution in [2.24, 2.45) is 0 Å². The summed E-state index contributed by atoms with van der Waals surface area (Å²) >= 11 is 1.69. The summed E-state index contributed by atoms with van der Waals surface area (Å²) in [5, 5.41) is 2.04. The van der Waals surface area contributed by atoms with E-state index in [1.165, 1.54) is 29.1 Å². The Bertz CT molecular complexity index is 1160. The summed E-state index contributed by atoms with van der Waals surface area (Å²) in [6.07, 6.45) is 1.48. The molecule has 0 bridgehead atoms. The highest BCUT2D eigenvalue weighted by molar-refractivity contribution is 7.10. The second-order valence-electron chi connectivity index (χ2n) is 8.38. The predicted molar refractivity (Wildman–Crippen MR) is 134 cm³/mol. The van der Waals surface area contributed by atoms with Crippen molar-refractivity contribution >= 4 is 23.2 Å². The van der Waals surface area contributed by atoms with E-state index in [1.54, 1.807) is 23.3 Å². The second-order valence-corrected chi connectivity index (χ2v) is 9.38. The van der Waals surface area contributed by atoms with E-state index in [0.717, 1.165) is 12.0 Å². The third kappa shape index (κ3) is 5.82. The van der Waals surface area contributed by atoms with E-state index in [2.05, 4.69) is 0 Å². The van der Waals surface area contributed by atoms with Gasteiger partial charge in [-0.2, -0.15) is 0 Å². The lowest BCUT2D eigenvalue weighted by molar-refractivity contribution is -0.135. The van der Waals surface area contributed by atoms with Gasteiger partial charge in [-0.3, -0.25) is 9.59 Å². The number of hydrogen-bond acceptors (Lipinski definition) is 5. The molecule has 0 saturated heterocycles. The Morgan fingerprint density at radius 1 is 1.14 bits per heavy atom. The first kappa shape index (κ1) is 24.7. The van der Waals surface area contributed by atoms with Gasteiger partial charge in [-0.1, -0.05) is 13.0 Å². The number of nitrogens with zero attached hydrogens (tertiary/aromatic N) is 2. The Hall–Kier alpha value is -3.39. The van der Waals surface area contributed by atoms with Gasteiger partial charge in [0.25, 0.3) is 5.91 Å². The largest absolute Gasteiger partial charge is 0.497 e. The van der Waals surface area contributed by atoms with E-state index >= 15 is 0 Å². The van der Waals surface area contributed by atoms with Crippen molar-refractivity contribution in [3.8, 4) is 11.5 Å². The van der Waals surface area contributed by atoms with Crippen LogP contribution < -0.4 is 9.47 Å². The molecule has 2 amide bonds. The van der Waals surface area contributed by atoms with Crippen LogP contribution in [0.5, 0.6) is 11.5 Å². The number of ether oxygens (including phenoxy) is 2. The van der Waals surface area contributed by atoms with Gasteiger partial charge in [-0.05, 0) is 66.2 Å². The third-order valence-corrected chi connectivity index (χ3v) is 7.06. The number of hydrogen-bond donors (Lipinski definition) is 0. The van der Waals surface area contributed by atoms with Crippen molar-refractivity contribution in [3.05, 3.63) is 81.8 Å². The highest BCUT2D eigenvalue weighted by atomic mass is 32.1. The topological polar surface area (TPSA) is 59.1 Å². The second kappa shape index (κ2) is 11.4. The fourth-order valence-electron chi connectivity index (χ4n) is 4.29. The monoisotopic (exact) mass is 496 g/mol. The normalized spacial score (nSPS) is 14.8. The van der Waals surface area contributed by atoms with Gasteiger partial charge >= 0.3 is 0 Å². The minimum atomic E-state index is -0.404. The predicted octanol–water partition coefficient (Wildman–Crippen LogP) is 4.95. The molecule has 0 aliphatic carbocycles. The molecule has 1 aromatic heterocycles. The molecule has 6 nitrogen and oxygen atoms in total. The lowest BCUT2D eigenvalue weighted by Crippen LogP contribution is -2.48. The maximum absolute atomic E-state index is 13.5. The summed E-state index contributed by atoms with van der Waals surface area (Å²) in [4.78, 5) is 31.2. The van der Waals surface area contributed by atoms with Gasteiger partial charge in [-0.25, -0.2) is 4.39 Å². The van der Waals surface area contributed by atoms with E-state index in [9.17, 15) is 14.0 Å². The zero-order valence-electron chi connectivity index (χ0n) is 19.9. The number of halogens is 1. The van der Waals surface area contributed by atoms with Crippen LogP contribution in [0, 0.1) is 5.82 Å². The maximum atomic E-state index is 13.5. The Morgan fingerprint density at radius 3 is 2.66 bits per heavy atom. The first-order chi connectivity index (χ1) is 17.0. The van der Waals surface area contributed by atoms with E-state index in [1.807, 2.05) is 47.5 Å². The lowest BCUT2D eigenvalue weighted by Gasteiger charge is -2.37. The van der Waals surface area contributed by atoms with Crippen molar-refractivity contribution in [2.75, 3.05) is 33.4 Å². The molecule has 8 heteroatoms. The highest BCUT2D eigenvalue weighted by Gasteiger charge is 2.33. The highest BCUT2D eigenvalue weighted by Crippen LogP contribution is 2.34. The number of thiophene rings is 1. The van der Waals surface area contributed by atoms with E-state index in [-0.39, 0.29) is 24.4 Å². The van der Waals surface area contributed by atoms with Gasteiger partial charge < -0.3 is 19.3 Å². The average Bonchev–Trinajstić information content (AvgIpc) is 3.36. The summed E-state index contributed by atoms with van der Waals surface area (Å²) in [5.74, 6) is 0.545. The van der Waals surface area contributed by atoms with Gasteiger partial charge in [0, 0.05) is 29.6 Å². The minimum absolute atomic E-state index is 0.0425. The van der Waals surface area contributed by atoms with Crippen LogP contribution in [0.3, 0.4) is 0 Å². The Balaban J connectivity index is 1.51. The molecule has 3 aromatic rings. The van der Waals surface area contributed by atoms with Crippen LogP contribution in [-0.4, -0.2) is 55.0 Å². The molecule has 0 saturated carbocycles. The molecule has 0 unspecified atom stereocenters. The first-order valence-electron chi connectivity index (χ1n) is 11.7. The summed E-state index contributed by atoms with van der Waals surface area (Å²) in [6, 6.07) is 14.6. The molecule has 35 heavy (non-hydrogen) atoms. The molecular formula is C27H29FN2O4S. The number of fused-ring (bicyclic) bond motifs is 1. The Morgan fingerprint density at radius 2 is 1.91 bits per heavy atom. The number of carbonyl (C=O) groups is 2. The van der Waals surface area contributed by atoms with Crippen LogP contribution in [0.4, 0.5) is 4.39 Å². The molecule has 0 fully saturated rings. The summed E-state index contributed by atoms with van der Waals surface area (Å²) < 4.78 is 24.7. The van der Waals surface area contributed by atoms with Crippen LogP contribution in [0.2, 0.25) is 0 Å². The SMILES string of the molecule is CCCN(CC(=O)N1CCc2sccc2[C@@H]1COc1cccc(OC)c1)C(=O)c1ccc(F)cc1. The summed E-state index contributed by atoms with van der Waals surface area (Å²) in [7, 11) is 1.60. The van der Waals surface area contributed by atoms with Crippen molar-refractivity contribution in [1.29, 1.82) is 0 Å². The quantitative estimate of drug-likeness (QED) is 0.421. The van der Waals surface area contributed by atoms with E-state index < -0.39 is 5.82 Å². The first-order valence-corrected chi connectivity index (χ1v) is 12.6. The molecule has 0 spiro atoms. The number of benzene rings is 2. The van der Waals surface area contributed by atoms with Gasteiger partial charge in [0.2, 0.25) is 5.91 Å². The number of amides is 2. The molecule has 184 valence electrons. The molecule has 2 heterocycles. The Labute approximate surface area is 208 Å². The van der Waals surface area contributed by atoms with Crippen LogP contribution in [0.25, 0.3) is 0 Å². The molecule has 0 N–H and O–H groups in total. The fraction of sp³-hybridized carbons (Fsp3) is 0.333. The van der Waals surface area contributed by atoms with Crippen molar-refractivity contribution in [3.63, 3.8) is 0 Å². The molecule has 0 radical (unpaired) electrons. The van der Waals surface area contributed by atoms with Crippen LogP contribution in [0.15, 0.2) is 60.0 Å².